The lowest BCUT2D eigenvalue weighted by Gasteiger charge is -2.14. The molecule has 7 heteroatoms. The third kappa shape index (κ3) is 5.46. The van der Waals surface area contributed by atoms with Gasteiger partial charge in [-0.1, -0.05) is 25.0 Å². The Bertz CT molecular complexity index is 1100. The van der Waals surface area contributed by atoms with Gasteiger partial charge in [-0.15, -0.1) is 0 Å². The van der Waals surface area contributed by atoms with E-state index in [0.29, 0.717) is 19.0 Å². The fraction of sp³-hybridized carbons (Fsp3) is 0.360. The highest BCUT2D eigenvalue weighted by Crippen LogP contribution is 2.26. The summed E-state index contributed by atoms with van der Waals surface area (Å²) in [5.74, 6) is 0.734. The average molecular weight is 436 g/mol. The summed E-state index contributed by atoms with van der Waals surface area (Å²) in [6.45, 7) is 1.26. The van der Waals surface area contributed by atoms with Crippen molar-refractivity contribution in [3.63, 3.8) is 0 Å². The SMILES string of the molecule is CN=C(NCCc1c[nH]c2ccc(F)cc12)NCc1cccc(NC(=O)C2CCCC2)c1. The van der Waals surface area contributed by atoms with Gasteiger partial charge in [0.05, 0.1) is 0 Å². The van der Waals surface area contributed by atoms with Gasteiger partial charge in [0.15, 0.2) is 5.96 Å². The Balaban J connectivity index is 1.27. The molecule has 0 spiro atoms. The molecule has 6 nitrogen and oxygen atoms in total. The molecule has 3 aromatic rings. The van der Waals surface area contributed by atoms with E-state index < -0.39 is 0 Å². The van der Waals surface area contributed by atoms with Crippen LogP contribution in [0, 0.1) is 11.7 Å². The molecule has 4 N–H and O–H groups in total. The number of halogens is 1. The van der Waals surface area contributed by atoms with Crippen molar-refractivity contribution in [1.29, 1.82) is 0 Å². The molecule has 1 saturated carbocycles. The van der Waals surface area contributed by atoms with Gasteiger partial charge in [-0.25, -0.2) is 4.39 Å². The third-order valence-electron chi connectivity index (χ3n) is 6.02. The number of fused-ring (bicyclic) bond motifs is 1. The Morgan fingerprint density at radius 1 is 1.16 bits per heavy atom. The number of carbonyl (C=O) groups excluding carboxylic acids is 1. The number of hydrogen-bond donors (Lipinski definition) is 4. The molecule has 0 atom stereocenters. The van der Waals surface area contributed by atoms with Gasteiger partial charge in [0, 0.05) is 48.8 Å². The molecule has 1 heterocycles. The Hall–Kier alpha value is -3.35. The van der Waals surface area contributed by atoms with E-state index in [1.165, 1.54) is 6.07 Å². The lowest BCUT2D eigenvalue weighted by atomic mass is 10.1. The monoisotopic (exact) mass is 435 g/mol. The lowest BCUT2D eigenvalue weighted by Crippen LogP contribution is -2.37. The smallest absolute Gasteiger partial charge is 0.227 e. The van der Waals surface area contributed by atoms with E-state index in [-0.39, 0.29) is 17.6 Å². The summed E-state index contributed by atoms with van der Waals surface area (Å²) in [5.41, 5.74) is 3.89. The van der Waals surface area contributed by atoms with E-state index in [4.69, 9.17) is 0 Å². The normalized spacial score (nSPS) is 14.6. The van der Waals surface area contributed by atoms with Gasteiger partial charge in [-0.3, -0.25) is 9.79 Å². The van der Waals surface area contributed by atoms with Crippen molar-refractivity contribution in [2.75, 3.05) is 18.9 Å². The molecular weight excluding hydrogens is 405 g/mol. The van der Waals surface area contributed by atoms with Gasteiger partial charge in [0.25, 0.3) is 0 Å². The van der Waals surface area contributed by atoms with Gasteiger partial charge in [0.2, 0.25) is 5.91 Å². The minimum absolute atomic E-state index is 0.127. The van der Waals surface area contributed by atoms with Gasteiger partial charge in [-0.05, 0) is 60.7 Å². The van der Waals surface area contributed by atoms with Crippen molar-refractivity contribution < 1.29 is 9.18 Å². The van der Waals surface area contributed by atoms with Crippen LogP contribution in [0.4, 0.5) is 10.1 Å². The number of aromatic nitrogens is 1. The summed E-state index contributed by atoms with van der Waals surface area (Å²) in [7, 11) is 1.73. The number of carbonyl (C=O) groups is 1. The molecule has 0 radical (unpaired) electrons. The summed E-state index contributed by atoms with van der Waals surface area (Å²) < 4.78 is 13.6. The van der Waals surface area contributed by atoms with Crippen molar-refractivity contribution >= 4 is 28.5 Å². The van der Waals surface area contributed by atoms with E-state index in [2.05, 4.69) is 25.9 Å². The fourth-order valence-corrected chi connectivity index (χ4v) is 4.27. The van der Waals surface area contributed by atoms with Crippen LogP contribution in [0.15, 0.2) is 53.7 Å². The summed E-state index contributed by atoms with van der Waals surface area (Å²) in [5, 5.41) is 10.6. The largest absolute Gasteiger partial charge is 0.361 e. The van der Waals surface area contributed by atoms with Crippen LogP contribution in [0.3, 0.4) is 0 Å². The predicted molar refractivity (Wildman–Crippen MR) is 127 cm³/mol. The standard InChI is InChI=1S/C25H30FN5O/c1-27-25(28-12-11-19-16-29-23-10-9-20(26)14-22(19)23)30-15-17-5-4-8-21(13-17)31-24(32)18-6-2-3-7-18/h4-5,8-10,13-14,16,18,29H,2-3,6-7,11-12,15H2,1H3,(H,31,32)(H2,27,28,30). The van der Waals surface area contributed by atoms with Gasteiger partial charge in [0.1, 0.15) is 5.82 Å². The molecule has 0 aliphatic heterocycles. The number of nitrogens with one attached hydrogen (secondary N) is 4. The van der Waals surface area contributed by atoms with Crippen LogP contribution in [0.25, 0.3) is 10.9 Å². The minimum Gasteiger partial charge on any atom is -0.361 e. The molecule has 1 aromatic heterocycles. The highest BCUT2D eigenvalue weighted by molar-refractivity contribution is 5.92. The van der Waals surface area contributed by atoms with Crippen LogP contribution in [0.5, 0.6) is 0 Å². The highest BCUT2D eigenvalue weighted by Gasteiger charge is 2.22. The maximum atomic E-state index is 13.6. The zero-order chi connectivity index (χ0) is 22.3. The zero-order valence-corrected chi connectivity index (χ0v) is 18.4. The van der Waals surface area contributed by atoms with Crippen molar-refractivity contribution in [3.8, 4) is 0 Å². The molecular formula is C25H30FN5O. The number of aliphatic imine (C=N–C) groups is 1. The molecule has 1 fully saturated rings. The minimum atomic E-state index is -0.231. The van der Waals surface area contributed by atoms with E-state index in [1.54, 1.807) is 19.2 Å². The number of nitrogens with zero attached hydrogens (tertiary/aromatic N) is 1. The van der Waals surface area contributed by atoms with E-state index in [1.807, 2.05) is 30.5 Å². The number of guanidine groups is 1. The summed E-state index contributed by atoms with van der Waals surface area (Å²) >= 11 is 0. The van der Waals surface area contributed by atoms with Crippen molar-refractivity contribution in [1.82, 2.24) is 15.6 Å². The van der Waals surface area contributed by atoms with Crippen molar-refractivity contribution in [2.24, 2.45) is 10.9 Å². The molecule has 0 saturated heterocycles. The van der Waals surface area contributed by atoms with Crippen molar-refractivity contribution in [3.05, 3.63) is 65.6 Å². The topological polar surface area (TPSA) is 81.3 Å². The zero-order valence-electron chi connectivity index (χ0n) is 18.4. The van der Waals surface area contributed by atoms with Crippen LogP contribution in [0.1, 0.15) is 36.8 Å². The predicted octanol–water partition coefficient (Wildman–Crippen LogP) is 4.34. The lowest BCUT2D eigenvalue weighted by molar-refractivity contribution is -0.119. The first-order valence-corrected chi connectivity index (χ1v) is 11.2. The number of aromatic amines is 1. The molecule has 0 unspecified atom stereocenters. The number of rotatable bonds is 7. The van der Waals surface area contributed by atoms with E-state index >= 15 is 0 Å². The second-order valence-electron chi connectivity index (χ2n) is 8.28. The Labute approximate surface area is 187 Å². The number of benzene rings is 2. The second kappa shape index (κ2) is 10.3. The average Bonchev–Trinajstić information content (AvgIpc) is 3.47. The van der Waals surface area contributed by atoms with Crippen LogP contribution in [-0.2, 0) is 17.8 Å². The number of hydrogen-bond acceptors (Lipinski definition) is 2. The molecule has 1 amide bonds. The molecule has 1 aliphatic rings. The molecule has 32 heavy (non-hydrogen) atoms. The maximum absolute atomic E-state index is 13.6. The quantitative estimate of drug-likeness (QED) is 0.329. The Morgan fingerprint density at radius 3 is 2.81 bits per heavy atom. The van der Waals surface area contributed by atoms with Crippen LogP contribution in [-0.4, -0.2) is 30.4 Å². The van der Waals surface area contributed by atoms with Gasteiger partial charge in [-0.2, -0.15) is 0 Å². The first-order valence-electron chi connectivity index (χ1n) is 11.2. The molecule has 1 aliphatic carbocycles. The summed E-state index contributed by atoms with van der Waals surface area (Å²) in [6, 6.07) is 12.7. The first-order chi connectivity index (χ1) is 15.6. The molecule has 2 aromatic carbocycles. The fourth-order valence-electron chi connectivity index (χ4n) is 4.27. The highest BCUT2D eigenvalue weighted by atomic mass is 19.1. The van der Waals surface area contributed by atoms with Crippen LogP contribution < -0.4 is 16.0 Å². The maximum Gasteiger partial charge on any atom is 0.227 e. The number of anilines is 1. The summed E-state index contributed by atoms with van der Waals surface area (Å²) in [6.07, 6.45) is 6.93. The Kier molecular flexibility index (Phi) is 7.04. The summed E-state index contributed by atoms with van der Waals surface area (Å²) in [4.78, 5) is 19.8. The number of amides is 1. The molecule has 4 rings (SSSR count). The van der Waals surface area contributed by atoms with Gasteiger partial charge < -0.3 is 20.9 Å². The van der Waals surface area contributed by atoms with E-state index in [0.717, 1.165) is 59.8 Å². The molecule has 0 bridgehead atoms. The first kappa shape index (κ1) is 21.9. The molecule has 168 valence electrons. The van der Waals surface area contributed by atoms with Crippen molar-refractivity contribution in [2.45, 2.75) is 38.6 Å². The second-order valence-corrected chi connectivity index (χ2v) is 8.28. The van der Waals surface area contributed by atoms with Gasteiger partial charge >= 0.3 is 0 Å². The number of H-pyrrole nitrogens is 1. The third-order valence-corrected chi connectivity index (χ3v) is 6.02. The Morgan fingerprint density at radius 2 is 2.00 bits per heavy atom. The van der Waals surface area contributed by atoms with Crippen LogP contribution in [0.2, 0.25) is 0 Å². The van der Waals surface area contributed by atoms with E-state index in [9.17, 15) is 9.18 Å². The van der Waals surface area contributed by atoms with Crippen LogP contribution >= 0.6 is 0 Å².